The van der Waals surface area contributed by atoms with E-state index in [0.29, 0.717) is 18.2 Å². The Balaban J connectivity index is 1.83. The number of fused-ring (bicyclic) bond motifs is 3. The van der Waals surface area contributed by atoms with Crippen molar-refractivity contribution < 1.29 is 0 Å². The number of nitrogens with zero attached hydrogens (tertiary/aromatic N) is 5. The zero-order valence-corrected chi connectivity index (χ0v) is 16.4. The van der Waals surface area contributed by atoms with Crippen molar-refractivity contribution in [3.8, 4) is 6.07 Å². The molecule has 144 valence electrons. The number of nitrogen functional groups attached to an aromatic ring is 1. The number of hydrogen-bond acceptors (Lipinski definition) is 7. The van der Waals surface area contributed by atoms with Crippen molar-refractivity contribution in [2.75, 3.05) is 5.73 Å². The predicted octanol–water partition coefficient (Wildman–Crippen LogP) is 1.81. The van der Waals surface area contributed by atoms with Crippen LogP contribution < -0.4 is 17.0 Å². The number of nitrogens with two attached hydrogens (primary N) is 1. The Labute approximate surface area is 164 Å². The van der Waals surface area contributed by atoms with E-state index >= 15 is 0 Å². The zero-order valence-electron chi connectivity index (χ0n) is 15.6. The number of aryl methyl sites for hydroxylation is 3. The highest BCUT2D eigenvalue weighted by Crippen LogP contribution is 2.37. The van der Waals surface area contributed by atoms with Crippen LogP contribution in [0, 0.1) is 11.3 Å². The van der Waals surface area contributed by atoms with Crippen molar-refractivity contribution in [3.63, 3.8) is 0 Å². The fourth-order valence-corrected chi connectivity index (χ4v) is 5.00. The largest absolute Gasteiger partial charge is 0.383 e. The van der Waals surface area contributed by atoms with Gasteiger partial charge in [-0.15, -0.1) is 11.3 Å². The lowest BCUT2D eigenvalue weighted by atomic mass is 10.1. The maximum atomic E-state index is 12.6. The van der Waals surface area contributed by atoms with Gasteiger partial charge in [0.15, 0.2) is 5.82 Å². The summed E-state index contributed by atoms with van der Waals surface area (Å²) in [6.45, 7) is 2.01. The SMILES string of the molecule is CCn1cc(C#N)c(=O)n(Cc2nc(N)c3c4c(sc3n2)CCCCC4)c1=O. The molecule has 0 saturated carbocycles. The molecular formula is C19H20N6O2S. The molecule has 2 N–H and O–H groups in total. The highest BCUT2D eigenvalue weighted by Gasteiger charge is 2.20. The molecule has 3 aromatic heterocycles. The predicted molar refractivity (Wildman–Crippen MR) is 108 cm³/mol. The molecule has 28 heavy (non-hydrogen) atoms. The van der Waals surface area contributed by atoms with Gasteiger partial charge in [-0.1, -0.05) is 6.42 Å². The number of rotatable bonds is 3. The van der Waals surface area contributed by atoms with E-state index < -0.39 is 11.2 Å². The highest BCUT2D eigenvalue weighted by molar-refractivity contribution is 7.19. The van der Waals surface area contributed by atoms with Crippen molar-refractivity contribution in [2.45, 2.75) is 52.1 Å². The van der Waals surface area contributed by atoms with Gasteiger partial charge in [0.25, 0.3) is 5.56 Å². The summed E-state index contributed by atoms with van der Waals surface area (Å²) in [5.41, 5.74) is 6.29. The zero-order chi connectivity index (χ0) is 19.8. The summed E-state index contributed by atoms with van der Waals surface area (Å²) in [5, 5.41) is 10.1. The molecule has 1 aliphatic carbocycles. The first-order valence-electron chi connectivity index (χ1n) is 9.34. The van der Waals surface area contributed by atoms with Crippen LogP contribution in [0.25, 0.3) is 10.2 Å². The summed E-state index contributed by atoms with van der Waals surface area (Å²) >= 11 is 1.62. The standard InChI is InChI=1S/C19H20N6O2S/c1-2-24-9-11(8-20)18(26)25(19(24)27)10-14-22-16(21)15-12-6-4-3-5-7-13(12)28-17(15)23-14/h9H,2-7,10H2,1H3,(H2,21,22,23). The van der Waals surface area contributed by atoms with Crippen molar-refractivity contribution in [3.05, 3.63) is 48.9 Å². The molecular weight excluding hydrogens is 376 g/mol. The van der Waals surface area contributed by atoms with Crippen LogP contribution in [-0.2, 0) is 25.9 Å². The van der Waals surface area contributed by atoms with E-state index in [9.17, 15) is 14.9 Å². The summed E-state index contributed by atoms with van der Waals surface area (Å²) in [6, 6.07) is 1.85. The Bertz CT molecular complexity index is 1230. The lowest BCUT2D eigenvalue weighted by Gasteiger charge is -2.09. The Kier molecular flexibility index (Phi) is 4.73. The van der Waals surface area contributed by atoms with Gasteiger partial charge in [-0.3, -0.25) is 13.9 Å². The number of hydrogen-bond donors (Lipinski definition) is 1. The molecule has 3 aromatic rings. The lowest BCUT2D eigenvalue weighted by Crippen LogP contribution is -2.41. The maximum absolute atomic E-state index is 12.6. The van der Waals surface area contributed by atoms with Crippen molar-refractivity contribution in [1.29, 1.82) is 5.26 Å². The summed E-state index contributed by atoms with van der Waals surface area (Å²) in [4.78, 5) is 36.1. The van der Waals surface area contributed by atoms with Crippen molar-refractivity contribution in [2.24, 2.45) is 0 Å². The molecule has 0 aliphatic heterocycles. The van der Waals surface area contributed by atoms with Crippen molar-refractivity contribution >= 4 is 27.4 Å². The molecule has 0 spiro atoms. The first-order chi connectivity index (χ1) is 13.5. The van der Waals surface area contributed by atoms with Gasteiger partial charge in [0.05, 0.1) is 11.9 Å². The normalized spacial score (nSPS) is 13.9. The van der Waals surface area contributed by atoms with E-state index in [1.54, 1.807) is 18.3 Å². The number of aromatic nitrogens is 4. The second-order valence-electron chi connectivity index (χ2n) is 6.88. The van der Waals surface area contributed by atoms with Crippen LogP contribution in [0.5, 0.6) is 0 Å². The molecule has 3 heterocycles. The molecule has 0 atom stereocenters. The Morgan fingerprint density at radius 2 is 2.04 bits per heavy atom. The topological polar surface area (TPSA) is 120 Å². The molecule has 1 aliphatic rings. The molecule has 0 amide bonds. The van der Waals surface area contributed by atoms with Gasteiger partial charge in [0.2, 0.25) is 0 Å². The van der Waals surface area contributed by atoms with Crippen LogP contribution in [0.15, 0.2) is 15.8 Å². The highest BCUT2D eigenvalue weighted by atomic mass is 32.1. The molecule has 4 rings (SSSR count). The second kappa shape index (κ2) is 7.20. The number of anilines is 1. The van der Waals surface area contributed by atoms with Crippen LogP contribution in [0.2, 0.25) is 0 Å². The molecule has 8 nitrogen and oxygen atoms in total. The Morgan fingerprint density at radius 1 is 1.25 bits per heavy atom. The third-order valence-corrected chi connectivity index (χ3v) is 6.32. The molecule has 0 fully saturated rings. The van der Waals surface area contributed by atoms with Crippen LogP contribution in [0.3, 0.4) is 0 Å². The molecule has 9 heteroatoms. The molecule has 0 radical (unpaired) electrons. The van der Waals surface area contributed by atoms with Gasteiger partial charge in [-0.05, 0) is 38.2 Å². The smallest absolute Gasteiger partial charge is 0.331 e. The summed E-state index contributed by atoms with van der Waals surface area (Å²) in [6.07, 6.45) is 6.79. The van der Waals surface area contributed by atoms with E-state index in [4.69, 9.17) is 5.73 Å². The number of thiophene rings is 1. The first kappa shape index (κ1) is 18.4. The Morgan fingerprint density at radius 3 is 2.79 bits per heavy atom. The molecule has 0 bridgehead atoms. The average molecular weight is 396 g/mol. The minimum atomic E-state index is -0.638. The van der Waals surface area contributed by atoms with Crippen LogP contribution in [-0.4, -0.2) is 19.1 Å². The van der Waals surface area contributed by atoms with Gasteiger partial charge in [0, 0.05) is 17.6 Å². The van der Waals surface area contributed by atoms with Gasteiger partial charge in [0.1, 0.15) is 22.3 Å². The van der Waals surface area contributed by atoms with Gasteiger partial charge in [-0.25, -0.2) is 14.8 Å². The first-order valence-corrected chi connectivity index (χ1v) is 10.2. The van der Waals surface area contributed by atoms with Crippen LogP contribution in [0.1, 0.15) is 48.0 Å². The monoisotopic (exact) mass is 396 g/mol. The third-order valence-electron chi connectivity index (χ3n) is 5.14. The third kappa shape index (κ3) is 2.99. The van der Waals surface area contributed by atoms with Crippen LogP contribution >= 0.6 is 11.3 Å². The summed E-state index contributed by atoms with van der Waals surface area (Å²) < 4.78 is 2.33. The minimum Gasteiger partial charge on any atom is -0.383 e. The van der Waals surface area contributed by atoms with Gasteiger partial charge >= 0.3 is 5.69 Å². The molecule has 0 unspecified atom stereocenters. The molecule has 0 aromatic carbocycles. The lowest BCUT2D eigenvalue weighted by molar-refractivity contribution is 0.586. The average Bonchev–Trinajstić information content (AvgIpc) is 2.87. The van der Waals surface area contributed by atoms with Crippen molar-refractivity contribution in [1.82, 2.24) is 19.1 Å². The van der Waals surface area contributed by atoms with E-state index in [1.165, 1.54) is 27.6 Å². The fourth-order valence-electron chi connectivity index (χ4n) is 3.72. The van der Waals surface area contributed by atoms with E-state index in [2.05, 4.69) is 9.97 Å². The Hall–Kier alpha value is -2.99. The quantitative estimate of drug-likeness (QED) is 0.674. The van der Waals surface area contributed by atoms with Crippen LogP contribution in [0.4, 0.5) is 5.82 Å². The summed E-state index contributed by atoms with van der Waals surface area (Å²) in [7, 11) is 0. The van der Waals surface area contributed by atoms with Gasteiger partial charge < -0.3 is 5.73 Å². The summed E-state index contributed by atoms with van der Waals surface area (Å²) in [5.74, 6) is 0.693. The van der Waals surface area contributed by atoms with E-state index in [0.717, 1.165) is 40.5 Å². The second-order valence-corrected chi connectivity index (χ2v) is 7.97. The molecule has 0 saturated heterocycles. The fraction of sp³-hybridized carbons (Fsp3) is 0.421. The van der Waals surface area contributed by atoms with Gasteiger partial charge in [-0.2, -0.15) is 5.26 Å². The van der Waals surface area contributed by atoms with E-state index in [-0.39, 0.29) is 12.1 Å². The van der Waals surface area contributed by atoms with E-state index in [1.807, 2.05) is 6.07 Å². The minimum absolute atomic E-state index is 0.0849. The number of nitriles is 1. The maximum Gasteiger partial charge on any atom is 0.331 e.